The number of nitrogens with zero attached hydrogens (tertiary/aromatic N) is 1. The topological polar surface area (TPSA) is 107 Å². The fraction of sp³-hybridized carbons (Fsp3) is 0.714. The second-order valence-electron chi connectivity index (χ2n) is 2.91. The zero-order chi connectivity index (χ0) is 10.6. The Hall–Kier alpha value is -1.14. The molecule has 1 saturated heterocycles. The smallest absolute Gasteiger partial charge is 0.263 e. The number of carbonyl (C=O) groups excluding carboxylic acids is 2. The van der Waals surface area contributed by atoms with Gasteiger partial charge < -0.3 is 15.6 Å². The Kier molecular flexibility index (Phi) is 4.36. The van der Waals surface area contributed by atoms with Gasteiger partial charge in [-0.05, 0) is 6.92 Å². The molecule has 1 fully saturated rings. The number of rotatable bonds is 0. The Morgan fingerprint density at radius 1 is 1.77 bits per heavy atom. The molecule has 0 bridgehead atoms. The second kappa shape index (κ2) is 4.78. The van der Waals surface area contributed by atoms with E-state index in [4.69, 9.17) is 20.8 Å². The van der Waals surface area contributed by atoms with Crippen LogP contribution in [0.25, 0.3) is 0 Å². The standard InChI is InChI=1S/C5H10N2O2.C2H4O2/c1-3-2-7(9)5(8)4(3)6;1-2(3)4/h3-4,9H,2,6H2,1H3;1H3,(H,3,4)/p-1. The van der Waals surface area contributed by atoms with E-state index in [1.807, 2.05) is 6.92 Å². The molecule has 1 aliphatic rings. The quantitative estimate of drug-likeness (QED) is 0.426. The van der Waals surface area contributed by atoms with Crippen LogP contribution in [0.1, 0.15) is 13.8 Å². The Balaban J connectivity index is 0.000000310. The van der Waals surface area contributed by atoms with Gasteiger partial charge in [0.2, 0.25) is 0 Å². The number of carboxylic acid groups (broad SMARTS) is 1. The molecule has 0 aliphatic carbocycles. The minimum atomic E-state index is -1.08. The number of carboxylic acids is 1. The van der Waals surface area contributed by atoms with Gasteiger partial charge in [0.15, 0.2) is 0 Å². The molecule has 76 valence electrons. The van der Waals surface area contributed by atoms with Gasteiger partial charge in [-0.15, -0.1) is 0 Å². The van der Waals surface area contributed by atoms with Crippen molar-refractivity contribution in [2.24, 2.45) is 11.7 Å². The first kappa shape index (κ1) is 11.9. The third-order valence-electron chi connectivity index (χ3n) is 1.61. The molecule has 1 aliphatic heterocycles. The van der Waals surface area contributed by atoms with Gasteiger partial charge in [-0.3, -0.25) is 10.0 Å². The van der Waals surface area contributed by atoms with E-state index in [1.165, 1.54) is 0 Å². The maximum atomic E-state index is 10.7. The third kappa shape index (κ3) is 3.86. The van der Waals surface area contributed by atoms with Gasteiger partial charge in [0.05, 0.1) is 12.6 Å². The van der Waals surface area contributed by atoms with E-state index in [-0.39, 0.29) is 11.8 Å². The maximum Gasteiger partial charge on any atom is 0.263 e. The van der Waals surface area contributed by atoms with Crippen molar-refractivity contribution in [3.8, 4) is 0 Å². The van der Waals surface area contributed by atoms with E-state index in [1.54, 1.807) is 0 Å². The van der Waals surface area contributed by atoms with Crippen LogP contribution in [0.5, 0.6) is 0 Å². The summed E-state index contributed by atoms with van der Waals surface area (Å²) < 4.78 is 0. The van der Waals surface area contributed by atoms with E-state index >= 15 is 0 Å². The minimum absolute atomic E-state index is 0.0718. The summed E-state index contributed by atoms with van der Waals surface area (Å²) in [6.45, 7) is 3.17. The van der Waals surface area contributed by atoms with Crippen molar-refractivity contribution in [1.29, 1.82) is 0 Å². The number of amides is 1. The van der Waals surface area contributed by atoms with Gasteiger partial charge in [0.1, 0.15) is 0 Å². The van der Waals surface area contributed by atoms with Crippen LogP contribution in [-0.2, 0) is 9.59 Å². The first-order valence-electron chi connectivity index (χ1n) is 3.79. The average Bonchev–Trinajstić information content (AvgIpc) is 2.17. The summed E-state index contributed by atoms with van der Waals surface area (Å²) in [4.78, 5) is 19.6. The Labute approximate surface area is 75.9 Å². The summed E-state index contributed by atoms with van der Waals surface area (Å²) >= 11 is 0. The van der Waals surface area contributed by atoms with Crippen molar-refractivity contribution in [2.45, 2.75) is 19.9 Å². The molecule has 2 atom stereocenters. The number of hydrogen-bond donors (Lipinski definition) is 2. The van der Waals surface area contributed by atoms with Crippen LogP contribution in [0, 0.1) is 5.92 Å². The zero-order valence-corrected chi connectivity index (χ0v) is 7.56. The highest BCUT2D eigenvalue weighted by molar-refractivity contribution is 5.82. The van der Waals surface area contributed by atoms with Crippen LogP contribution in [0.15, 0.2) is 0 Å². The second-order valence-corrected chi connectivity index (χ2v) is 2.91. The van der Waals surface area contributed by atoms with E-state index in [9.17, 15) is 4.79 Å². The molecule has 0 radical (unpaired) electrons. The summed E-state index contributed by atoms with van der Waals surface area (Å²) in [6, 6.07) is -0.505. The van der Waals surface area contributed by atoms with Crippen LogP contribution < -0.4 is 10.8 Å². The molecule has 0 aromatic carbocycles. The number of hydrogen-bond acceptors (Lipinski definition) is 5. The first-order chi connectivity index (χ1) is 5.86. The highest BCUT2D eigenvalue weighted by Crippen LogP contribution is 2.12. The molecule has 6 heteroatoms. The summed E-state index contributed by atoms with van der Waals surface area (Å²) in [6.07, 6.45) is 0. The largest absolute Gasteiger partial charge is 0.550 e. The van der Waals surface area contributed by atoms with E-state index < -0.39 is 12.0 Å². The molecule has 1 heterocycles. The zero-order valence-electron chi connectivity index (χ0n) is 7.56. The summed E-state index contributed by atoms with van der Waals surface area (Å²) in [5, 5.41) is 18.3. The molecule has 13 heavy (non-hydrogen) atoms. The minimum Gasteiger partial charge on any atom is -0.550 e. The highest BCUT2D eigenvalue weighted by atomic mass is 16.5. The lowest BCUT2D eigenvalue weighted by Crippen LogP contribution is -2.33. The summed E-state index contributed by atoms with van der Waals surface area (Å²) in [5.74, 6) is -1.38. The third-order valence-corrected chi connectivity index (χ3v) is 1.61. The monoisotopic (exact) mass is 189 g/mol. The van der Waals surface area contributed by atoms with Crippen LogP contribution in [0.4, 0.5) is 0 Å². The molecule has 6 nitrogen and oxygen atoms in total. The fourth-order valence-corrected chi connectivity index (χ4v) is 0.892. The molecular formula is C7H13N2O4-. The molecule has 3 N–H and O–H groups in total. The fourth-order valence-electron chi connectivity index (χ4n) is 0.892. The van der Waals surface area contributed by atoms with Crippen molar-refractivity contribution in [1.82, 2.24) is 5.06 Å². The molecular weight excluding hydrogens is 176 g/mol. The number of carbonyl (C=O) groups is 2. The van der Waals surface area contributed by atoms with Crippen molar-refractivity contribution < 1.29 is 19.9 Å². The molecule has 1 amide bonds. The van der Waals surface area contributed by atoms with Crippen LogP contribution in [-0.4, -0.2) is 34.7 Å². The number of nitrogens with two attached hydrogens (primary N) is 1. The normalized spacial score (nSPS) is 26.8. The van der Waals surface area contributed by atoms with E-state index in [2.05, 4.69) is 0 Å². The average molecular weight is 189 g/mol. The predicted molar refractivity (Wildman–Crippen MR) is 41.3 cm³/mol. The lowest BCUT2D eigenvalue weighted by atomic mass is 10.1. The van der Waals surface area contributed by atoms with Crippen LogP contribution in [0.3, 0.4) is 0 Å². The van der Waals surface area contributed by atoms with Crippen molar-refractivity contribution >= 4 is 11.9 Å². The molecule has 0 aromatic heterocycles. The maximum absolute atomic E-state index is 10.7. The summed E-state index contributed by atoms with van der Waals surface area (Å²) in [5.41, 5.74) is 5.36. The Morgan fingerprint density at radius 2 is 2.15 bits per heavy atom. The van der Waals surface area contributed by atoms with Crippen molar-refractivity contribution in [3.63, 3.8) is 0 Å². The van der Waals surface area contributed by atoms with E-state index in [0.29, 0.717) is 11.6 Å². The predicted octanol–water partition coefficient (Wildman–Crippen LogP) is -2.06. The first-order valence-corrected chi connectivity index (χ1v) is 3.79. The SMILES string of the molecule is CC(=O)[O-].CC1CN(O)C(=O)C1N. The van der Waals surface area contributed by atoms with Gasteiger partial charge in [-0.1, -0.05) is 6.92 Å². The Morgan fingerprint density at radius 3 is 2.23 bits per heavy atom. The van der Waals surface area contributed by atoms with Crippen LogP contribution in [0.2, 0.25) is 0 Å². The Bertz CT molecular complexity index is 203. The van der Waals surface area contributed by atoms with Crippen LogP contribution >= 0.6 is 0 Å². The number of hydroxylamine groups is 2. The molecule has 0 saturated carbocycles. The molecule has 2 unspecified atom stereocenters. The van der Waals surface area contributed by atoms with E-state index in [0.717, 1.165) is 6.92 Å². The van der Waals surface area contributed by atoms with Crippen molar-refractivity contribution in [2.75, 3.05) is 6.54 Å². The molecule has 1 rings (SSSR count). The van der Waals surface area contributed by atoms with Gasteiger partial charge in [-0.25, -0.2) is 5.06 Å². The lowest BCUT2D eigenvalue weighted by molar-refractivity contribution is -0.302. The summed E-state index contributed by atoms with van der Waals surface area (Å²) in [7, 11) is 0. The van der Waals surface area contributed by atoms with Gasteiger partial charge >= 0.3 is 0 Å². The molecule has 0 aromatic rings. The lowest BCUT2D eigenvalue weighted by Gasteiger charge is -2.02. The molecule has 0 spiro atoms. The van der Waals surface area contributed by atoms with Gasteiger partial charge in [0, 0.05) is 11.9 Å². The highest BCUT2D eigenvalue weighted by Gasteiger charge is 2.33. The van der Waals surface area contributed by atoms with Gasteiger partial charge in [0.25, 0.3) is 5.91 Å². The van der Waals surface area contributed by atoms with Gasteiger partial charge in [-0.2, -0.15) is 0 Å². The number of aliphatic carboxylic acids is 1. The van der Waals surface area contributed by atoms with Crippen molar-refractivity contribution in [3.05, 3.63) is 0 Å².